The van der Waals surface area contributed by atoms with E-state index in [9.17, 15) is 18.7 Å². The number of ether oxygens (including phenoxy) is 1. The van der Waals surface area contributed by atoms with Crippen LogP contribution in [0.25, 0.3) is 0 Å². The molecule has 5 atom stereocenters. The fraction of sp³-hybridized carbons (Fsp3) is 0.441. The molecule has 2 fully saturated rings. The van der Waals surface area contributed by atoms with Gasteiger partial charge in [-0.3, -0.25) is 4.79 Å². The summed E-state index contributed by atoms with van der Waals surface area (Å²) >= 11 is 0. The number of ketones is 1. The largest absolute Gasteiger partial charge is 0.378 e. The summed E-state index contributed by atoms with van der Waals surface area (Å²) in [7, 11) is 4.02. The number of carbonyl (C=O) groups is 1. The molecule has 1 N–H and O–H groups in total. The number of anilines is 1. The van der Waals surface area contributed by atoms with Gasteiger partial charge < -0.3 is 14.7 Å². The van der Waals surface area contributed by atoms with Gasteiger partial charge in [0, 0.05) is 43.2 Å². The van der Waals surface area contributed by atoms with E-state index in [4.69, 9.17) is 4.74 Å². The average Bonchev–Trinajstić information content (AvgIpc) is 3.08. The van der Waals surface area contributed by atoms with Crippen molar-refractivity contribution >= 4 is 11.5 Å². The first-order chi connectivity index (χ1) is 19.1. The summed E-state index contributed by atoms with van der Waals surface area (Å²) in [5.74, 6) is 5.00. The van der Waals surface area contributed by atoms with Gasteiger partial charge in [0.1, 0.15) is 23.3 Å². The number of rotatable bonds is 2. The van der Waals surface area contributed by atoms with Gasteiger partial charge in [0.05, 0.1) is 6.61 Å². The zero-order valence-electron chi connectivity index (χ0n) is 23.3. The molecule has 0 bridgehead atoms. The lowest BCUT2D eigenvalue weighted by Crippen LogP contribution is -2.48. The Hall–Kier alpha value is -3.27. The summed E-state index contributed by atoms with van der Waals surface area (Å²) in [6.07, 6.45) is 5.71. The van der Waals surface area contributed by atoms with Crippen LogP contribution in [0.4, 0.5) is 14.5 Å². The molecule has 6 heteroatoms. The lowest BCUT2D eigenvalue weighted by molar-refractivity contribution is -0.114. The molecule has 0 aromatic heterocycles. The molecule has 4 aliphatic rings. The number of aliphatic hydroxyl groups is 1. The Bertz CT molecular complexity index is 1460. The highest BCUT2D eigenvalue weighted by molar-refractivity contribution is 5.93. The van der Waals surface area contributed by atoms with Gasteiger partial charge in [0.2, 0.25) is 0 Å². The molecule has 4 nitrogen and oxygen atoms in total. The number of hydrogen-bond donors (Lipinski definition) is 1. The van der Waals surface area contributed by atoms with Gasteiger partial charge in [-0.1, -0.05) is 30.9 Å². The second kappa shape index (κ2) is 9.98. The van der Waals surface area contributed by atoms with E-state index in [-0.39, 0.29) is 29.3 Å². The van der Waals surface area contributed by atoms with E-state index in [0.29, 0.717) is 25.9 Å². The Morgan fingerprint density at radius 2 is 1.75 bits per heavy atom. The van der Waals surface area contributed by atoms with Crippen molar-refractivity contribution in [1.29, 1.82) is 0 Å². The molecule has 0 radical (unpaired) electrons. The molecule has 1 saturated carbocycles. The monoisotopic (exact) mass is 543 g/mol. The quantitative estimate of drug-likeness (QED) is 0.452. The van der Waals surface area contributed by atoms with Crippen LogP contribution in [0.2, 0.25) is 0 Å². The van der Waals surface area contributed by atoms with Gasteiger partial charge in [-0.05, 0) is 96.6 Å². The average molecular weight is 544 g/mol. The fourth-order valence-corrected chi connectivity index (χ4v) is 7.50. The van der Waals surface area contributed by atoms with Crippen LogP contribution < -0.4 is 4.90 Å². The molecular formula is C34H35F2NO3. The maximum Gasteiger partial charge on any atom is 0.156 e. The highest BCUT2D eigenvalue weighted by atomic mass is 19.1. The van der Waals surface area contributed by atoms with Crippen LogP contribution in [-0.4, -0.2) is 37.2 Å². The predicted octanol–water partition coefficient (Wildman–Crippen LogP) is 6.30. The molecule has 2 unspecified atom stereocenters. The van der Waals surface area contributed by atoms with Crippen molar-refractivity contribution in [1.82, 2.24) is 0 Å². The van der Waals surface area contributed by atoms with E-state index in [1.165, 1.54) is 23.3 Å². The molecular weight excluding hydrogens is 508 g/mol. The van der Waals surface area contributed by atoms with Crippen molar-refractivity contribution < 1.29 is 23.4 Å². The summed E-state index contributed by atoms with van der Waals surface area (Å²) in [4.78, 5) is 14.4. The molecule has 3 aliphatic carbocycles. The van der Waals surface area contributed by atoms with Crippen LogP contribution >= 0.6 is 0 Å². The maximum atomic E-state index is 13.8. The third kappa shape index (κ3) is 4.50. The zero-order valence-corrected chi connectivity index (χ0v) is 23.3. The molecule has 1 aliphatic heterocycles. The molecule has 208 valence electrons. The lowest BCUT2D eigenvalue weighted by Gasteiger charge is -2.42. The summed E-state index contributed by atoms with van der Waals surface area (Å²) < 4.78 is 34.4. The van der Waals surface area contributed by atoms with Gasteiger partial charge in [-0.2, -0.15) is 0 Å². The van der Waals surface area contributed by atoms with Crippen molar-refractivity contribution in [3.05, 3.63) is 88.0 Å². The number of hydrogen-bond acceptors (Lipinski definition) is 4. The number of fused-ring (bicyclic) bond motifs is 4. The standard InChI is InChI=1S/C34H35F2NO3/c1-33-20-40-32(22-4-7-26(8-5-22)37(2)3)31-28-11-9-27(38)18-23(28)6-10-29(31)30(33)13-15-34(33,39)14-12-21-16-24(35)19-25(36)17-21/h4-5,7-8,16-19,29-30,32,39H,6,9-11,13,15,20H2,1-3H3/t29?,30?,32-,33+,34+/m1/s1. The van der Waals surface area contributed by atoms with Gasteiger partial charge in [-0.15, -0.1) is 0 Å². The van der Waals surface area contributed by atoms with E-state index in [1.54, 1.807) is 0 Å². The number of allylic oxidation sites excluding steroid dienone is 3. The predicted molar refractivity (Wildman–Crippen MR) is 151 cm³/mol. The van der Waals surface area contributed by atoms with Gasteiger partial charge in [-0.25, -0.2) is 8.78 Å². The first-order valence-corrected chi connectivity index (χ1v) is 14.2. The summed E-state index contributed by atoms with van der Waals surface area (Å²) in [6, 6.07) is 11.6. The van der Waals surface area contributed by atoms with Gasteiger partial charge >= 0.3 is 0 Å². The minimum atomic E-state index is -1.38. The Morgan fingerprint density at radius 3 is 2.45 bits per heavy atom. The van der Waals surface area contributed by atoms with Crippen LogP contribution in [0.15, 0.2) is 65.3 Å². The van der Waals surface area contributed by atoms with Crippen LogP contribution in [0.3, 0.4) is 0 Å². The molecule has 6 rings (SSSR count). The number of carbonyl (C=O) groups excluding carboxylic acids is 1. The Balaban J connectivity index is 1.44. The highest BCUT2D eigenvalue weighted by Gasteiger charge is 2.61. The minimum absolute atomic E-state index is 0.115. The van der Waals surface area contributed by atoms with E-state index in [1.807, 2.05) is 20.2 Å². The lowest BCUT2D eigenvalue weighted by atomic mass is 9.61. The number of benzene rings is 2. The smallest absolute Gasteiger partial charge is 0.156 e. The van der Waals surface area contributed by atoms with Gasteiger partial charge in [0.25, 0.3) is 0 Å². The Morgan fingerprint density at radius 1 is 1.02 bits per heavy atom. The second-order valence-corrected chi connectivity index (χ2v) is 12.2. The SMILES string of the molecule is CN(C)c1ccc([C@H]2OC[C@@]3(C)C(CC[C@@]3(O)C#Cc3cc(F)cc(F)c3)C3CCC4=CC(=O)CCC4=C32)cc1. The van der Waals surface area contributed by atoms with Crippen molar-refractivity contribution in [2.75, 3.05) is 25.6 Å². The van der Waals surface area contributed by atoms with Crippen LogP contribution in [-0.2, 0) is 9.53 Å². The topological polar surface area (TPSA) is 49.8 Å². The van der Waals surface area contributed by atoms with Crippen LogP contribution in [0.5, 0.6) is 0 Å². The minimum Gasteiger partial charge on any atom is -0.378 e. The zero-order chi connectivity index (χ0) is 28.2. The van der Waals surface area contributed by atoms with Crippen LogP contribution in [0.1, 0.15) is 62.7 Å². The number of nitrogens with zero attached hydrogens (tertiary/aromatic N) is 1. The number of halogens is 2. The molecule has 1 heterocycles. The second-order valence-electron chi connectivity index (χ2n) is 12.2. The fourth-order valence-electron chi connectivity index (χ4n) is 7.50. The van der Waals surface area contributed by atoms with E-state index in [0.717, 1.165) is 42.2 Å². The first kappa shape index (κ1) is 26.9. The summed E-state index contributed by atoms with van der Waals surface area (Å²) in [5.41, 5.74) is 3.93. The third-order valence-corrected chi connectivity index (χ3v) is 9.70. The molecule has 2 aromatic rings. The molecule has 0 amide bonds. The van der Waals surface area contributed by atoms with Crippen molar-refractivity contribution in [3.8, 4) is 11.8 Å². The van der Waals surface area contributed by atoms with Crippen molar-refractivity contribution in [2.45, 2.75) is 57.2 Å². The van der Waals surface area contributed by atoms with Gasteiger partial charge in [0.15, 0.2) is 5.78 Å². The molecule has 1 saturated heterocycles. The normalized spacial score (nSPS) is 31.3. The van der Waals surface area contributed by atoms with Crippen LogP contribution in [0, 0.1) is 40.7 Å². The first-order valence-electron chi connectivity index (χ1n) is 14.2. The Kier molecular flexibility index (Phi) is 6.71. The maximum absolute atomic E-state index is 13.8. The van der Waals surface area contributed by atoms with E-state index in [2.05, 4.69) is 47.9 Å². The molecule has 0 spiro atoms. The van der Waals surface area contributed by atoms with Crippen molar-refractivity contribution in [2.24, 2.45) is 17.3 Å². The Labute approximate surface area is 234 Å². The van der Waals surface area contributed by atoms with E-state index >= 15 is 0 Å². The summed E-state index contributed by atoms with van der Waals surface area (Å²) in [6.45, 7) is 2.35. The van der Waals surface area contributed by atoms with Crippen molar-refractivity contribution in [3.63, 3.8) is 0 Å². The highest BCUT2D eigenvalue weighted by Crippen LogP contribution is 2.61. The summed E-state index contributed by atoms with van der Waals surface area (Å²) in [5, 5.41) is 12.1. The molecule has 2 aromatic carbocycles. The third-order valence-electron chi connectivity index (χ3n) is 9.70. The van der Waals surface area contributed by atoms with E-state index < -0.39 is 22.7 Å². The molecule has 40 heavy (non-hydrogen) atoms.